The number of carbonyl (C=O) groups excluding carboxylic acids is 3. The molecule has 1 fully saturated rings. The van der Waals surface area contributed by atoms with Crippen LogP contribution >= 0.6 is 0 Å². The minimum Gasteiger partial charge on any atom is -0.466 e. The van der Waals surface area contributed by atoms with Crippen molar-refractivity contribution in [3.63, 3.8) is 0 Å². The van der Waals surface area contributed by atoms with Gasteiger partial charge in [-0.15, -0.1) is 0 Å². The van der Waals surface area contributed by atoms with E-state index >= 15 is 0 Å². The van der Waals surface area contributed by atoms with Crippen LogP contribution in [0.2, 0.25) is 0 Å². The zero-order chi connectivity index (χ0) is 21.0. The maximum Gasteiger partial charge on any atom is 0.302 e. The van der Waals surface area contributed by atoms with Crippen molar-refractivity contribution in [2.45, 2.75) is 78.6 Å². The fourth-order valence-corrected chi connectivity index (χ4v) is 4.07. The van der Waals surface area contributed by atoms with Crippen molar-refractivity contribution < 1.29 is 33.7 Å². The molecule has 0 spiro atoms. The first-order chi connectivity index (χ1) is 13.2. The van der Waals surface area contributed by atoms with Crippen LogP contribution in [0.4, 0.5) is 0 Å². The number of ether oxygens (including phenoxy) is 3. The molecule has 7 nitrogen and oxygen atoms in total. The van der Waals surface area contributed by atoms with Gasteiger partial charge >= 0.3 is 17.9 Å². The highest BCUT2D eigenvalue weighted by atomic mass is 16.5. The van der Waals surface area contributed by atoms with Crippen molar-refractivity contribution in [2.24, 2.45) is 10.8 Å². The highest BCUT2D eigenvalue weighted by Gasteiger charge is 2.38. The van der Waals surface area contributed by atoms with Gasteiger partial charge in [0.2, 0.25) is 0 Å². The summed E-state index contributed by atoms with van der Waals surface area (Å²) in [5.41, 5.74) is -0.557. The van der Waals surface area contributed by atoms with Crippen molar-refractivity contribution in [1.29, 1.82) is 0 Å². The molecule has 0 unspecified atom stereocenters. The molecule has 0 amide bonds. The molecule has 0 radical (unpaired) electrons. The minimum absolute atomic E-state index is 0.0616. The summed E-state index contributed by atoms with van der Waals surface area (Å²) < 4.78 is 15.7. The molecule has 1 aliphatic carbocycles. The Labute approximate surface area is 168 Å². The molecule has 7 heteroatoms. The Balaban J connectivity index is 2.95. The van der Waals surface area contributed by atoms with Crippen LogP contribution in [0.3, 0.4) is 0 Å². The van der Waals surface area contributed by atoms with Crippen molar-refractivity contribution in [3.8, 4) is 0 Å². The summed E-state index contributed by atoms with van der Waals surface area (Å²) in [6, 6.07) is 0. The minimum atomic E-state index is -0.618. The molecule has 0 aromatic carbocycles. The number of rotatable bonds is 12. The zero-order valence-electron chi connectivity index (χ0n) is 17.6. The van der Waals surface area contributed by atoms with Gasteiger partial charge in [-0.1, -0.05) is 19.3 Å². The molecule has 1 rings (SSSR count). The quantitative estimate of drug-likeness (QED) is 0.397. The number of carbonyl (C=O) groups is 3. The summed E-state index contributed by atoms with van der Waals surface area (Å²) >= 11 is 0. The summed E-state index contributed by atoms with van der Waals surface area (Å²) in [5, 5.41) is 9.57. The standard InChI is InChI=1S/C21H36O7/c1-17(23)26-14-12-21(15-27-18(2)24,16-28-19(3)25)10-9-20(11-13-22)7-5-4-6-8-20/h22H,4-16H2,1-3H3. The first kappa shape index (κ1) is 24.4. The first-order valence-corrected chi connectivity index (χ1v) is 10.2. The monoisotopic (exact) mass is 400 g/mol. The predicted molar refractivity (Wildman–Crippen MR) is 103 cm³/mol. The fourth-order valence-electron chi connectivity index (χ4n) is 4.07. The van der Waals surface area contributed by atoms with Gasteiger partial charge in [-0.3, -0.25) is 14.4 Å². The SMILES string of the molecule is CC(=O)OCCC(CCC1(CCO)CCCCC1)(COC(C)=O)COC(C)=O. The molecule has 0 heterocycles. The Kier molecular flexibility index (Phi) is 10.5. The van der Waals surface area contributed by atoms with Crippen LogP contribution in [-0.4, -0.2) is 49.4 Å². The smallest absolute Gasteiger partial charge is 0.302 e. The van der Waals surface area contributed by atoms with Crippen LogP contribution in [0, 0.1) is 10.8 Å². The molecule has 0 aliphatic heterocycles. The van der Waals surface area contributed by atoms with E-state index in [1.54, 1.807) is 0 Å². The second-order valence-corrected chi connectivity index (χ2v) is 8.18. The molecular formula is C21H36O7. The van der Waals surface area contributed by atoms with Crippen LogP contribution in [0.5, 0.6) is 0 Å². The highest BCUT2D eigenvalue weighted by molar-refractivity contribution is 5.66. The van der Waals surface area contributed by atoms with Gasteiger partial charge in [0.25, 0.3) is 0 Å². The third-order valence-corrected chi connectivity index (χ3v) is 5.84. The van der Waals surface area contributed by atoms with E-state index in [0.717, 1.165) is 38.5 Å². The van der Waals surface area contributed by atoms with Crippen molar-refractivity contribution in [3.05, 3.63) is 0 Å². The first-order valence-electron chi connectivity index (χ1n) is 10.2. The molecule has 0 bridgehead atoms. The number of aliphatic hydroxyl groups is 1. The van der Waals surface area contributed by atoms with Crippen LogP contribution in [0.15, 0.2) is 0 Å². The van der Waals surface area contributed by atoms with Crippen molar-refractivity contribution >= 4 is 17.9 Å². The largest absolute Gasteiger partial charge is 0.466 e. The molecule has 0 saturated heterocycles. The molecule has 0 aromatic rings. The van der Waals surface area contributed by atoms with E-state index < -0.39 is 17.4 Å². The molecule has 28 heavy (non-hydrogen) atoms. The van der Waals surface area contributed by atoms with Gasteiger partial charge in [-0.25, -0.2) is 0 Å². The molecule has 1 N–H and O–H groups in total. The van der Waals surface area contributed by atoms with E-state index in [-0.39, 0.29) is 37.8 Å². The average molecular weight is 401 g/mol. The lowest BCUT2D eigenvalue weighted by Gasteiger charge is -2.41. The zero-order valence-corrected chi connectivity index (χ0v) is 17.6. The lowest BCUT2D eigenvalue weighted by molar-refractivity contribution is -0.156. The number of hydrogen-bond donors (Lipinski definition) is 1. The van der Waals surface area contributed by atoms with Gasteiger partial charge < -0.3 is 19.3 Å². The van der Waals surface area contributed by atoms with Crippen LogP contribution in [0.25, 0.3) is 0 Å². The van der Waals surface area contributed by atoms with Gasteiger partial charge in [0.1, 0.15) is 13.2 Å². The summed E-state index contributed by atoms with van der Waals surface area (Å²) in [5.74, 6) is -1.18. The van der Waals surface area contributed by atoms with E-state index in [2.05, 4.69) is 0 Å². The molecule has 162 valence electrons. The molecular weight excluding hydrogens is 364 g/mol. The molecule has 1 aliphatic rings. The Hall–Kier alpha value is -1.63. The van der Waals surface area contributed by atoms with Gasteiger partial charge in [0.15, 0.2) is 0 Å². The number of aliphatic hydroxyl groups excluding tert-OH is 1. The van der Waals surface area contributed by atoms with E-state index in [0.29, 0.717) is 12.8 Å². The second kappa shape index (κ2) is 12.0. The summed E-state index contributed by atoms with van der Waals surface area (Å²) in [7, 11) is 0. The summed E-state index contributed by atoms with van der Waals surface area (Å²) in [6.07, 6.45) is 8.32. The van der Waals surface area contributed by atoms with Gasteiger partial charge in [0.05, 0.1) is 6.61 Å². The van der Waals surface area contributed by atoms with E-state index in [1.807, 2.05) is 0 Å². The van der Waals surface area contributed by atoms with E-state index in [4.69, 9.17) is 14.2 Å². The second-order valence-electron chi connectivity index (χ2n) is 8.18. The lowest BCUT2D eigenvalue weighted by atomic mass is 9.66. The van der Waals surface area contributed by atoms with Crippen molar-refractivity contribution in [1.82, 2.24) is 0 Å². The van der Waals surface area contributed by atoms with Gasteiger partial charge in [-0.05, 0) is 43.9 Å². The summed E-state index contributed by atoms with van der Waals surface area (Å²) in [6.45, 7) is 4.56. The van der Waals surface area contributed by atoms with E-state index in [9.17, 15) is 19.5 Å². The fraction of sp³-hybridized carbons (Fsp3) is 0.857. The van der Waals surface area contributed by atoms with Gasteiger partial charge in [-0.2, -0.15) is 0 Å². The normalized spacial score (nSPS) is 16.3. The Morgan fingerprint density at radius 3 is 1.82 bits per heavy atom. The van der Waals surface area contributed by atoms with Crippen LogP contribution in [-0.2, 0) is 28.6 Å². The van der Waals surface area contributed by atoms with Crippen LogP contribution < -0.4 is 0 Å². The Morgan fingerprint density at radius 1 is 0.821 bits per heavy atom. The third-order valence-electron chi connectivity index (χ3n) is 5.84. The third kappa shape index (κ3) is 9.04. The Morgan fingerprint density at radius 2 is 1.36 bits per heavy atom. The molecule has 1 saturated carbocycles. The number of esters is 3. The van der Waals surface area contributed by atoms with Gasteiger partial charge in [0, 0.05) is 32.8 Å². The number of hydrogen-bond acceptors (Lipinski definition) is 7. The maximum absolute atomic E-state index is 11.4. The van der Waals surface area contributed by atoms with Crippen molar-refractivity contribution in [2.75, 3.05) is 26.4 Å². The van der Waals surface area contributed by atoms with E-state index in [1.165, 1.54) is 27.2 Å². The maximum atomic E-state index is 11.4. The predicted octanol–water partition coefficient (Wildman–Crippen LogP) is 3.17. The topological polar surface area (TPSA) is 99.1 Å². The highest BCUT2D eigenvalue weighted by Crippen LogP contribution is 2.46. The molecule has 0 atom stereocenters. The van der Waals surface area contributed by atoms with Crippen LogP contribution in [0.1, 0.15) is 78.6 Å². The summed E-state index contributed by atoms with van der Waals surface area (Å²) in [4.78, 5) is 34.0. The lowest BCUT2D eigenvalue weighted by Crippen LogP contribution is -2.38. The average Bonchev–Trinajstić information content (AvgIpc) is 2.63. The molecule has 0 aromatic heterocycles. The Bertz CT molecular complexity index is 485.